The standard InChI is InChI=1S/C15H19NS/c1-9-5-6-13(8-10(9)2)14(16)15-11(3)7-12(4)17-15/h5-8,14H,16H2,1-4H3. The molecule has 1 heterocycles. The van der Waals surface area contributed by atoms with Crippen molar-refractivity contribution in [2.24, 2.45) is 5.73 Å². The van der Waals surface area contributed by atoms with Crippen LogP contribution in [0.2, 0.25) is 0 Å². The molecule has 2 heteroatoms. The molecule has 0 aliphatic heterocycles. The second-order valence-corrected chi connectivity index (χ2v) is 6.01. The summed E-state index contributed by atoms with van der Waals surface area (Å²) < 4.78 is 0. The van der Waals surface area contributed by atoms with Crippen LogP contribution in [0.25, 0.3) is 0 Å². The van der Waals surface area contributed by atoms with Crippen LogP contribution in [0.5, 0.6) is 0 Å². The molecule has 0 bridgehead atoms. The summed E-state index contributed by atoms with van der Waals surface area (Å²) in [5.74, 6) is 0. The maximum atomic E-state index is 6.36. The van der Waals surface area contributed by atoms with E-state index in [1.54, 1.807) is 11.3 Å². The van der Waals surface area contributed by atoms with Gasteiger partial charge in [-0.3, -0.25) is 0 Å². The van der Waals surface area contributed by atoms with Crippen LogP contribution in [-0.4, -0.2) is 0 Å². The predicted molar refractivity (Wildman–Crippen MR) is 75.7 cm³/mol. The molecular weight excluding hydrogens is 226 g/mol. The topological polar surface area (TPSA) is 26.0 Å². The molecule has 1 nitrogen and oxygen atoms in total. The third-order valence-electron chi connectivity index (χ3n) is 3.25. The van der Waals surface area contributed by atoms with Crippen molar-refractivity contribution in [2.45, 2.75) is 33.7 Å². The summed E-state index contributed by atoms with van der Waals surface area (Å²) in [6.07, 6.45) is 0. The predicted octanol–water partition coefficient (Wildman–Crippen LogP) is 4.03. The van der Waals surface area contributed by atoms with Crippen molar-refractivity contribution in [2.75, 3.05) is 0 Å². The van der Waals surface area contributed by atoms with Crippen LogP contribution in [0.4, 0.5) is 0 Å². The van der Waals surface area contributed by atoms with Gasteiger partial charge in [-0.2, -0.15) is 0 Å². The van der Waals surface area contributed by atoms with Crippen molar-refractivity contribution in [1.82, 2.24) is 0 Å². The van der Waals surface area contributed by atoms with Gasteiger partial charge in [0, 0.05) is 9.75 Å². The van der Waals surface area contributed by atoms with Crippen LogP contribution in [-0.2, 0) is 0 Å². The third-order valence-corrected chi connectivity index (χ3v) is 4.49. The van der Waals surface area contributed by atoms with Crippen LogP contribution >= 0.6 is 11.3 Å². The van der Waals surface area contributed by atoms with Gasteiger partial charge >= 0.3 is 0 Å². The summed E-state index contributed by atoms with van der Waals surface area (Å²) in [4.78, 5) is 2.61. The number of thiophene rings is 1. The fraction of sp³-hybridized carbons (Fsp3) is 0.333. The van der Waals surface area contributed by atoms with Gasteiger partial charge in [-0.1, -0.05) is 18.2 Å². The normalized spacial score (nSPS) is 12.8. The molecule has 0 fully saturated rings. The molecule has 0 radical (unpaired) electrons. The van der Waals surface area contributed by atoms with Crippen LogP contribution in [0.1, 0.15) is 38.0 Å². The first-order valence-corrected chi connectivity index (χ1v) is 6.70. The largest absolute Gasteiger partial charge is 0.320 e. The van der Waals surface area contributed by atoms with Crippen LogP contribution in [0, 0.1) is 27.7 Å². The van der Waals surface area contributed by atoms with Gasteiger partial charge in [-0.25, -0.2) is 0 Å². The third kappa shape index (κ3) is 2.43. The highest BCUT2D eigenvalue weighted by molar-refractivity contribution is 7.12. The molecule has 0 spiro atoms. The summed E-state index contributed by atoms with van der Waals surface area (Å²) in [5, 5.41) is 0. The van der Waals surface area contributed by atoms with Gasteiger partial charge in [0.25, 0.3) is 0 Å². The number of benzene rings is 1. The average molecular weight is 245 g/mol. The fourth-order valence-electron chi connectivity index (χ4n) is 2.08. The highest BCUT2D eigenvalue weighted by Crippen LogP contribution is 2.30. The van der Waals surface area contributed by atoms with E-state index in [4.69, 9.17) is 5.73 Å². The van der Waals surface area contributed by atoms with Gasteiger partial charge < -0.3 is 5.73 Å². The number of hydrogen-bond donors (Lipinski definition) is 1. The minimum atomic E-state index is 0.00741. The minimum Gasteiger partial charge on any atom is -0.320 e. The Kier molecular flexibility index (Phi) is 3.36. The summed E-state index contributed by atoms with van der Waals surface area (Å²) in [7, 11) is 0. The van der Waals surface area contributed by atoms with Crippen molar-refractivity contribution in [1.29, 1.82) is 0 Å². The van der Waals surface area contributed by atoms with E-state index in [2.05, 4.69) is 52.0 Å². The molecule has 0 saturated heterocycles. The quantitative estimate of drug-likeness (QED) is 0.849. The molecule has 1 unspecified atom stereocenters. The first kappa shape index (κ1) is 12.3. The van der Waals surface area contributed by atoms with Gasteiger partial charge in [-0.05, 0) is 56.0 Å². The van der Waals surface area contributed by atoms with E-state index < -0.39 is 0 Å². The number of hydrogen-bond acceptors (Lipinski definition) is 2. The highest BCUT2D eigenvalue weighted by atomic mass is 32.1. The van der Waals surface area contributed by atoms with Crippen LogP contribution in [0.15, 0.2) is 24.3 Å². The monoisotopic (exact) mass is 245 g/mol. The molecule has 2 N–H and O–H groups in total. The second-order valence-electron chi connectivity index (χ2n) is 4.73. The summed E-state index contributed by atoms with van der Waals surface area (Å²) in [6.45, 7) is 8.54. The molecule has 0 aliphatic carbocycles. The van der Waals surface area contributed by atoms with Crippen molar-refractivity contribution in [3.63, 3.8) is 0 Å². The molecule has 0 saturated carbocycles. The Balaban J connectivity index is 2.40. The zero-order valence-electron chi connectivity index (χ0n) is 10.9. The molecule has 1 aromatic carbocycles. The van der Waals surface area contributed by atoms with Crippen molar-refractivity contribution < 1.29 is 0 Å². The lowest BCUT2D eigenvalue weighted by molar-refractivity contribution is 0.882. The maximum absolute atomic E-state index is 6.36. The Labute approximate surface area is 107 Å². The fourth-order valence-corrected chi connectivity index (χ4v) is 3.14. The van der Waals surface area contributed by atoms with Crippen LogP contribution < -0.4 is 5.73 Å². The number of rotatable bonds is 2. The zero-order valence-corrected chi connectivity index (χ0v) is 11.7. The van der Waals surface area contributed by atoms with Crippen molar-refractivity contribution >= 4 is 11.3 Å². The van der Waals surface area contributed by atoms with E-state index in [0.717, 1.165) is 0 Å². The van der Waals surface area contributed by atoms with Gasteiger partial charge in [0.05, 0.1) is 6.04 Å². The molecule has 1 aromatic heterocycles. The Morgan fingerprint density at radius 1 is 0.941 bits per heavy atom. The van der Waals surface area contributed by atoms with E-state index in [-0.39, 0.29) is 6.04 Å². The molecule has 90 valence electrons. The highest BCUT2D eigenvalue weighted by Gasteiger charge is 2.14. The molecule has 0 amide bonds. The Bertz CT molecular complexity index is 540. The van der Waals surface area contributed by atoms with Gasteiger partial charge in [0.1, 0.15) is 0 Å². The van der Waals surface area contributed by atoms with Crippen LogP contribution in [0.3, 0.4) is 0 Å². The van der Waals surface area contributed by atoms with Gasteiger partial charge in [0.2, 0.25) is 0 Å². The van der Waals surface area contributed by atoms with E-state index in [1.807, 2.05) is 0 Å². The maximum Gasteiger partial charge on any atom is 0.0648 e. The van der Waals surface area contributed by atoms with Crippen molar-refractivity contribution in [3.05, 3.63) is 56.3 Å². The van der Waals surface area contributed by atoms with Gasteiger partial charge in [0.15, 0.2) is 0 Å². The Morgan fingerprint density at radius 3 is 2.18 bits per heavy atom. The zero-order chi connectivity index (χ0) is 12.6. The molecule has 17 heavy (non-hydrogen) atoms. The van der Waals surface area contributed by atoms with Gasteiger partial charge in [-0.15, -0.1) is 11.3 Å². The second kappa shape index (κ2) is 4.63. The first-order chi connectivity index (χ1) is 7.99. The first-order valence-electron chi connectivity index (χ1n) is 5.88. The summed E-state index contributed by atoms with van der Waals surface area (Å²) in [5.41, 5.74) is 11.5. The Morgan fingerprint density at radius 2 is 1.65 bits per heavy atom. The molecule has 0 aliphatic rings. The lowest BCUT2D eigenvalue weighted by atomic mass is 9.99. The molecule has 2 aromatic rings. The smallest absolute Gasteiger partial charge is 0.0648 e. The molecule has 2 rings (SSSR count). The lowest BCUT2D eigenvalue weighted by Gasteiger charge is -2.13. The van der Waals surface area contributed by atoms with E-state index in [1.165, 1.54) is 32.0 Å². The molecular formula is C15H19NS. The average Bonchev–Trinajstić information content (AvgIpc) is 2.61. The van der Waals surface area contributed by atoms with E-state index in [0.29, 0.717) is 0 Å². The van der Waals surface area contributed by atoms with E-state index >= 15 is 0 Å². The number of aryl methyl sites for hydroxylation is 4. The van der Waals surface area contributed by atoms with E-state index in [9.17, 15) is 0 Å². The Hall–Kier alpha value is -1.12. The SMILES string of the molecule is Cc1cc(C)c(C(N)c2ccc(C)c(C)c2)s1. The molecule has 1 atom stereocenters. The summed E-state index contributed by atoms with van der Waals surface area (Å²) in [6, 6.07) is 8.71. The number of nitrogens with two attached hydrogens (primary N) is 1. The van der Waals surface area contributed by atoms with Crippen molar-refractivity contribution in [3.8, 4) is 0 Å². The minimum absolute atomic E-state index is 0.00741. The lowest BCUT2D eigenvalue weighted by Crippen LogP contribution is -2.11. The summed E-state index contributed by atoms with van der Waals surface area (Å²) >= 11 is 1.80.